The third kappa shape index (κ3) is 7.04. The van der Waals surface area contributed by atoms with Gasteiger partial charge in [0.25, 0.3) is 11.8 Å². The van der Waals surface area contributed by atoms with E-state index in [1.165, 1.54) is 38.1 Å². The Morgan fingerprint density at radius 3 is 2.56 bits per heavy atom. The first kappa shape index (κ1) is 27.3. The summed E-state index contributed by atoms with van der Waals surface area (Å²) in [5.41, 5.74) is 0.183. The van der Waals surface area contributed by atoms with Gasteiger partial charge in [0.05, 0.1) is 36.4 Å². The fourth-order valence-electron chi connectivity index (χ4n) is 2.57. The number of hydroxylamine groups is 1. The molecule has 0 fully saturated rings. The third-order valence-corrected chi connectivity index (χ3v) is 4.90. The molecule has 0 bridgehead atoms. The number of halogens is 4. The molecule has 0 aliphatic heterocycles. The third-order valence-electron chi connectivity index (χ3n) is 4.23. The van der Waals surface area contributed by atoms with Crippen LogP contribution in [0.5, 0.6) is 0 Å². The van der Waals surface area contributed by atoms with Crippen LogP contribution in [0.15, 0.2) is 29.4 Å². The number of oxime groups is 1. The molecule has 34 heavy (non-hydrogen) atoms. The molecular weight excluding hydrogens is 572 g/mol. The molecule has 1 atom stereocenters. The minimum Gasteiger partial charge on any atom is -0.394 e. The Morgan fingerprint density at radius 2 is 1.94 bits per heavy atom. The number of hydrogen-bond donors (Lipinski definition) is 3. The zero-order valence-corrected chi connectivity index (χ0v) is 20.5. The summed E-state index contributed by atoms with van der Waals surface area (Å²) in [6.45, 7) is 0.747. The van der Waals surface area contributed by atoms with E-state index in [0.717, 1.165) is 18.3 Å². The standard InChI is InChI=1S/C21H22F3IN4O5/c1-11(21(32)29(2)3)34-26-10-12-8-14(20(31)28-33-7-6-30)19(18(24)17(12)23)27-16-5-4-13(25)9-15(16)22/h4-5,8-11,27,30H,6-7H2,1-3H3,(H,28,31). The molecule has 2 aromatic rings. The van der Waals surface area contributed by atoms with E-state index < -0.39 is 58.8 Å². The second kappa shape index (κ2) is 12.5. The van der Waals surface area contributed by atoms with Crippen molar-refractivity contribution in [3.8, 4) is 0 Å². The second-order valence-corrected chi connectivity index (χ2v) is 8.23. The Hall–Kier alpha value is -2.91. The molecule has 2 aromatic carbocycles. The van der Waals surface area contributed by atoms with Crippen LogP contribution in [0.2, 0.25) is 0 Å². The average molecular weight is 594 g/mol. The summed E-state index contributed by atoms with van der Waals surface area (Å²) in [6, 6.07) is 4.92. The van der Waals surface area contributed by atoms with Crippen LogP contribution in [-0.2, 0) is 14.5 Å². The summed E-state index contributed by atoms with van der Waals surface area (Å²) >= 11 is 1.88. The lowest BCUT2D eigenvalue weighted by atomic mass is 10.1. The van der Waals surface area contributed by atoms with Crippen LogP contribution in [0.3, 0.4) is 0 Å². The first-order valence-electron chi connectivity index (χ1n) is 9.74. The molecule has 0 aliphatic rings. The maximum Gasteiger partial charge on any atom is 0.277 e. The minimum atomic E-state index is -1.49. The lowest BCUT2D eigenvalue weighted by molar-refractivity contribution is -0.139. The predicted molar refractivity (Wildman–Crippen MR) is 126 cm³/mol. The Bertz CT molecular complexity index is 1080. The van der Waals surface area contributed by atoms with E-state index in [4.69, 9.17) is 14.8 Å². The van der Waals surface area contributed by atoms with Crippen molar-refractivity contribution < 1.29 is 37.5 Å². The highest BCUT2D eigenvalue weighted by Crippen LogP contribution is 2.30. The molecule has 0 aromatic heterocycles. The zero-order chi connectivity index (χ0) is 25.4. The smallest absolute Gasteiger partial charge is 0.277 e. The van der Waals surface area contributed by atoms with Crippen molar-refractivity contribution in [1.82, 2.24) is 10.4 Å². The monoisotopic (exact) mass is 594 g/mol. The van der Waals surface area contributed by atoms with Gasteiger partial charge >= 0.3 is 0 Å². The van der Waals surface area contributed by atoms with Gasteiger partial charge < -0.3 is 20.2 Å². The van der Waals surface area contributed by atoms with Crippen molar-refractivity contribution in [2.24, 2.45) is 5.16 Å². The molecule has 2 rings (SSSR count). The van der Waals surface area contributed by atoms with E-state index in [2.05, 4.69) is 10.5 Å². The Balaban J connectivity index is 2.44. The van der Waals surface area contributed by atoms with Crippen molar-refractivity contribution in [3.05, 3.63) is 56.4 Å². The summed E-state index contributed by atoms with van der Waals surface area (Å²) in [6.07, 6.45) is -0.211. The van der Waals surface area contributed by atoms with Crippen LogP contribution in [0.25, 0.3) is 0 Å². The van der Waals surface area contributed by atoms with Gasteiger partial charge in [-0.25, -0.2) is 18.7 Å². The summed E-state index contributed by atoms with van der Waals surface area (Å²) in [5.74, 6) is -5.07. The maximum absolute atomic E-state index is 15.0. The van der Waals surface area contributed by atoms with E-state index >= 15 is 4.39 Å². The lowest BCUT2D eigenvalue weighted by Gasteiger charge is -2.16. The fourth-order valence-corrected chi connectivity index (χ4v) is 3.02. The molecular formula is C21H22F3IN4O5. The van der Waals surface area contributed by atoms with Gasteiger partial charge in [-0.3, -0.25) is 14.4 Å². The van der Waals surface area contributed by atoms with E-state index in [0.29, 0.717) is 3.57 Å². The SMILES string of the molecule is CC(ON=Cc1cc(C(=O)NOCCO)c(Nc2ccc(I)cc2F)c(F)c1F)C(=O)N(C)C. The van der Waals surface area contributed by atoms with Crippen molar-refractivity contribution in [1.29, 1.82) is 0 Å². The number of aliphatic hydroxyl groups excluding tert-OH is 1. The predicted octanol–water partition coefficient (Wildman–Crippen LogP) is 2.93. The van der Waals surface area contributed by atoms with Gasteiger partial charge in [0, 0.05) is 23.2 Å². The number of hydrogen-bond acceptors (Lipinski definition) is 7. The molecule has 2 amide bonds. The lowest BCUT2D eigenvalue weighted by Crippen LogP contribution is -2.32. The second-order valence-electron chi connectivity index (χ2n) is 6.98. The van der Waals surface area contributed by atoms with E-state index in [9.17, 15) is 18.4 Å². The number of rotatable bonds is 10. The Kier molecular flexibility index (Phi) is 10.1. The van der Waals surface area contributed by atoms with E-state index in [1.807, 2.05) is 28.1 Å². The molecule has 9 nitrogen and oxygen atoms in total. The number of anilines is 2. The quantitative estimate of drug-likeness (QED) is 0.169. The molecule has 0 saturated heterocycles. The molecule has 0 saturated carbocycles. The zero-order valence-electron chi connectivity index (χ0n) is 18.4. The summed E-state index contributed by atoms with van der Waals surface area (Å²) in [5, 5.41) is 14.7. The van der Waals surface area contributed by atoms with Crippen LogP contribution in [0.4, 0.5) is 24.5 Å². The van der Waals surface area contributed by atoms with Gasteiger partial charge in [0.2, 0.25) is 6.10 Å². The molecule has 0 spiro atoms. The molecule has 0 radical (unpaired) electrons. The maximum atomic E-state index is 15.0. The van der Waals surface area contributed by atoms with Gasteiger partial charge in [-0.2, -0.15) is 0 Å². The normalized spacial score (nSPS) is 11.9. The topological polar surface area (TPSA) is 112 Å². The van der Waals surface area contributed by atoms with Crippen LogP contribution in [0, 0.1) is 21.0 Å². The van der Waals surface area contributed by atoms with Crippen LogP contribution < -0.4 is 10.8 Å². The largest absolute Gasteiger partial charge is 0.394 e. The van der Waals surface area contributed by atoms with Gasteiger partial charge in [-0.1, -0.05) is 5.16 Å². The molecule has 184 valence electrons. The van der Waals surface area contributed by atoms with Crippen LogP contribution >= 0.6 is 22.6 Å². The number of nitrogens with zero attached hydrogens (tertiary/aromatic N) is 2. The first-order chi connectivity index (χ1) is 16.1. The van der Waals surface area contributed by atoms with Gasteiger partial charge in [0.15, 0.2) is 11.6 Å². The van der Waals surface area contributed by atoms with Crippen LogP contribution in [0.1, 0.15) is 22.8 Å². The van der Waals surface area contributed by atoms with Gasteiger partial charge in [-0.15, -0.1) is 0 Å². The van der Waals surface area contributed by atoms with Crippen molar-refractivity contribution in [2.75, 3.05) is 32.6 Å². The van der Waals surface area contributed by atoms with E-state index in [1.54, 1.807) is 0 Å². The van der Waals surface area contributed by atoms with Crippen molar-refractivity contribution >= 4 is 52.0 Å². The number of likely N-dealkylation sites (N-methyl/N-ethyl adjacent to an activating group) is 1. The number of aliphatic hydroxyl groups is 1. The number of carbonyl (C=O) groups is 2. The van der Waals surface area contributed by atoms with E-state index in [-0.39, 0.29) is 12.3 Å². The first-order valence-corrected chi connectivity index (χ1v) is 10.8. The summed E-state index contributed by atoms with van der Waals surface area (Å²) in [4.78, 5) is 35.4. The molecule has 0 aliphatic carbocycles. The number of carbonyl (C=O) groups excluding carboxylic acids is 2. The summed E-state index contributed by atoms with van der Waals surface area (Å²) in [7, 11) is 3.01. The highest BCUT2D eigenvalue weighted by atomic mass is 127. The highest BCUT2D eigenvalue weighted by Gasteiger charge is 2.24. The van der Waals surface area contributed by atoms with Crippen molar-refractivity contribution in [2.45, 2.75) is 13.0 Å². The number of amides is 2. The molecule has 13 heteroatoms. The summed E-state index contributed by atoms with van der Waals surface area (Å²) < 4.78 is 44.6. The minimum absolute atomic E-state index is 0.204. The number of nitrogens with one attached hydrogen (secondary N) is 2. The molecule has 0 heterocycles. The van der Waals surface area contributed by atoms with Gasteiger partial charge in [0.1, 0.15) is 5.82 Å². The fraction of sp³-hybridized carbons (Fsp3) is 0.286. The highest BCUT2D eigenvalue weighted by molar-refractivity contribution is 14.1. The van der Waals surface area contributed by atoms with Gasteiger partial charge in [-0.05, 0) is 53.8 Å². The van der Waals surface area contributed by atoms with Crippen molar-refractivity contribution in [3.63, 3.8) is 0 Å². The molecule has 1 unspecified atom stereocenters. The average Bonchev–Trinajstić information content (AvgIpc) is 2.79. The molecule has 3 N–H and O–H groups in total. The van der Waals surface area contributed by atoms with Crippen LogP contribution in [-0.4, -0.2) is 61.4 Å². The Morgan fingerprint density at radius 1 is 1.24 bits per heavy atom. The number of benzene rings is 2. The Labute approximate surface area is 207 Å².